The topological polar surface area (TPSA) is 72.2 Å². The second-order valence-corrected chi connectivity index (χ2v) is 6.89. The van der Waals surface area contributed by atoms with Crippen LogP contribution in [0.1, 0.15) is 39.2 Å². The average Bonchev–Trinajstić information content (AvgIpc) is 2.34. The van der Waals surface area contributed by atoms with Crippen molar-refractivity contribution >= 4 is 15.7 Å². The summed E-state index contributed by atoms with van der Waals surface area (Å²) in [6, 6.07) is 5.04. The molecule has 0 aliphatic rings. The fourth-order valence-corrected chi connectivity index (χ4v) is 3.33. The predicted molar refractivity (Wildman–Crippen MR) is 79.5 cm³/mol. The maximum Gasteiger partial charge on any atom is 0.240 e. The highest BCUT2D eigenvalue weighted by atomic mass is 32.2. The van der Waals surface area contributed by atoms with Gasteiger partial charge in [0.15, 0.2) is 0 Å². The molecule has 0 aromatic heterocycles. The van der Waals surface area contributed by atoms with Gasteiger partial charge in [-0.25, -0.2) is 13.1 Å². The Morgan fingerprint density at radius 1 is 1.32 bits per heavy atom. The lowest BCUT2D eigenvalue weighted by molar-refractivity contribution is 0.539. The van der Waals surface area contributed by atoms with E-state index in [2.05, 4.69) is 18.6 Å². The van der Waals surface area contributed by atoms with Crippen molar-refractivity contribution in [1.29, 1.82) is 0 Å². The van der Waals surface area contributed by atoms with E-state index in [1.165, 1.54) is 6.07 Å². The van der Waals surface area contributed by atoms with Crippen molar-refractivity contribution in [2.24, 2.45) is 5.92 Å². The van der Waals surface area contributed by atoms with Crippen LogP contribution in [0.4, 0.5) is 5.69 Å². The first-order valence-corrected chi connectivity index (χ1v) is 8.23. The van der Waals surface area contributed by atoms with Crippen LogP contribution in [-0.2, 0) is 16.4 Å². The molecule has 1 aromatic carbocycles. The van der Waals surface area contributed by atoms with E-state index in [-0.39, 0.29) is 0 Å². The summed E-state index contributed by atoms with van der Waals surface area (Å²) < 4.78 is 27.1. The van der Waals surface area contributed by atoms with E-state index in [4.69, 9.17) is 5.73 Å². The summed E-state index contributed by atoms with van der Waals surface area (Å²) in [5, 5.41) is 0. The smallest absolute Gasteiger partial charge is 0.240 e. The number of hydrogen-bond acceptors (Lipinski definition) is 3. The van der Waals surface area contributed by atoms with Gasteiger partial charge in [-0.05, 0) is 42.9 Å². The van der Waals surface area contributed by atoms with E-state index in [9.17, 15) is 8.42 Å². The second kappa shape index (κ2) is 6.91. The molecule has 19 heavy (non-hydrogen) atoms. The Kier molecular flexibility index (Phi) is 5.82. The van der Waals surface area contributed by atoms with Crippen molar-refractivity contribution in [3.05, 3.63) is 23.8 Å². The highest BCUT2D eigenvalue weighted by Crippen LogP contribution is 2.19. The van der Waals surface area contributed by atoms with Crippen molar-refractivity contribution in [3.8, 4) is 0 Å². The monoisotopic (exact) mass is 284 g/mol. The average molecular weight is 284 g/mol. The third-order valence-electron chi connectivity index (χ3n) is 3.01. The number of rotatable bonds is 7. The zero-order valence-electron chi connectivity index (χ0n) is 11.9. The molecule has 0 atom stereocenters. The molecule has 0 spiro atoms. The normalized spacial score (nSPS) is 12.0. The van der Waals surface area contributed by atoms with Gasteiger partial charge < -0.3 is 5.73 Å². The summed E-state index contributed by atoms with van der Waals surface area (Å²) in [5.41, 5.74) is 6.95. The van der Waals surface area contributed by atoms with Gasteiger partial charge >= 0.3 is 0 Å². The first-order chi connectivity index (χ1) is 8.86. The first-order valence-electron chi connectivity index (χ1n) is 6.75. The Morgan fingerprint density at radius 2 is 2.00 bits per heavy atom. The van der Waals surface area contributed by atoms with Crippen molar-refractivity contribution in [1.82, 2.24) is 4.72 Å². The van der Waals surface area contributed by atoms with Gasteiger partial charge in [0, 0.05) is 12.2 Å². The molecular formula is C14H24N2O2S. The Labute approximate surface area is 116 Å². The van der Waals surface area contributed by atoms with E-state index in [0.29, 0.717) is 29.5 Å². The van der Waals surface area contributed by atoms with Gasteiger partial charge in [0.05, 0.1) is 4.90 Å². The van der Waals surface area contributed by atoms with E-state index in [1.54, 1.807) is 12.1 Å². The van der Waals surface area contributed by atoms with Crippen LogP contribution in [0.15, 0.2) is 23.1 Å². The number of benzene rings is 1. The summed E-state index contributed by atoms with van der Waals surface area (Å²) >= 11 is 0. The summed E-state index contributed by atoms with van der Waals surface area (Å²) in [5.74, 6) is 0.586. The fourth-order valence-electron chi connectivity index (χ4n) is 1.91. The number of sulfonamides is 1. The molecule has 0 heterocycles. The van der Waals surface area contributed by atoms with Crippen molar-refractivity contribution in [2.45, 2.75) is 44.9 Å². The van der Waals surface area contributed by atoms with Gasteiger partial charge in [-0.2, -0.15) is 0 Å². The first kappa shape index (κ1) is 16.0. The van der Waals surface area contributed by atoms with Crippen molar-refractivity contribution in [3.63, 3.8) is 0 Å². The van der Waals surface area contributed by atoms with Crippen LogP contribution in [0.3, 0.4) is 0 Å². The minimum atomic E-state index is -3.45. The SMILES string of the molecule is CCc1ccc(N)cc1S(=O)(=O)NCCCC(C)C. The molecule has 5 heteroatoms. The Hall–Kier alpha value is -1.07. The van der Waals surface area contributed by atoms with E-state index < -0.39 is 10.0 Å². The van der Waals surface area contributed by atoms with Crippen molar-refractivity contribution < 1.29 is 8.42 Å². The number of nitrogen functional groups attached to an aromatic ring is 1. The van der Waals surface area contributed by atoms with Gasteiger partial charge in [0.25, 0.3) is 0 Å². The highest BCUT2D eigenvalue weighted by Gasteiger charge is 2.17. The minimum absolute atomic E-state index is 0.305. The third kappa shape index (κ3) is 4.84. The molecule has 3 N–H and O–H groups in total. The van der Waals surface area contributed by atoms with Crippen LogP contribution in [0, 0.1) is 5.92 Å². The molecular weight excluding hydrogens is 260 g/mol. The molecule has 0 unspecified atom stereocenters. The lowest BCUT2D eigenvalue weighted by atomic mass is 10.1. The maximum absolute atomic E-state index is 12.2. The molecule has 1 rings (SSSR count). The zero-order chi connectivity index (χ0) is 14.5. The van der Waals surface area contributed by atoms with Gasteiger partial charge in [-0.1, -0.05) is 26.8 Å². The highest BCUT2D eigenvalue weighted by molar-refractivity contribution is 7.89. The Bertz CT molecular complexity index is 510. The number of anilines is 1. The number of aryl methyl sites for hydroxylation is 1. The summed E-state index contributed by atoms with van der Waals surface area (Å²) in [6.45, 7) is 6.66. The van der Waals surface area contributed by atoms with Gasteiger partial charge in [-0.3, -0.25) is 0 Å². The molecule has 0 saturated heterocycles. The van der Waals surface area contributed by atoms with Crippen LogP contribution in [0.5, 0.6) is 0 Å². The predicted octanol–water partition coefficient (Wildman–Crippen LogP) is 2.55. The Balaban J connectivity index is 2.79. The van der Waals surface area contributed by atoms with E-state index in [1.807, 2.05) is 6.92 Å². The standard InChI is InChI=1S/C14H24N2O2S/c1-4-12-7-8-13(15)10-14(12)19(17,18)16-9-5-6-11(2)3/h7-8,10-11,16H,4-6,9,15H2,1-3H3. The Morgan fingerprint density at radius 3 is 2.58 bits per heavy atom. The van der Waals surface area contributed by atoms with Gasteiger partial charge in [0.2, 0.25) is 10.0 Å². The van der Waals surface area contributed by atoms with Crippen LogP contribution < -0.4 is 10.5 Å². The summed E-state index contributed by atoms with van der Waals surface area (Å²) in [6.07, 6.45) is 2.53. The lowest BCUT2D eigenvalue weighted by Crippen LogP contribution is -2.26. The van der Waals surface area contributed by atoms with Crippen LogP contribution in [-0.4, -0.2) is 15.0 Å². The molecule has 0 aliphatic heterocycles. The maximum atomic E-state index is 12.2. The quantitative estimate of drug-likeness (QED) is 0.597. The molecule has 0 radical (unpaired) electrons. The molecule has 0 aliphatic carbocycles. The van der Waals surface area contributed by atoms with Crippen LogP contribution in [0.25, 0.3) is 0 Å². The fraction of sp³-hybridized carbons (Fsp3) is 0.571. The zero-order valence-corrected chi connectivity index (χ0v) is 12.8. The molecule has 4 nitrogen and oxygen atoms in total. The van der Waals surface area contributed by atoms with Crippen LogP contribution in [0.2, 0.25) is 0 Å². The number of hydrogen-bond donors (Lipinski definition) is 2. The summed E-state index contributed by atoms with van der Waals surface area (Å²) in [7, 11) is -3.45. The minimum Gasteiger partial charge on any atom is -0.399 e. The second-order valence-electron chi connectivity index (χ2n) is 5.15. The third-order valence-corrected chi connectivity index (χ3v) is 4.56. The van der Waals surface area contributed by atoms with E-state index in [0.717, 1.165) is 18.4 Å². The van der Waals surface area contributed by atoms with Gasteiger partial charge in [-0.15, -0.1) is 0 Å². The largest absolute Gasteiger partial charge is 0.399 e. The molecule has 0 fully saturated rings. The lowest BCUT2D eigenvalue weighted by Gasteiger charge is -2.12. The molecule has 108 valence electrons. The number of nitrogens with one attached hydrogen (secondary N) is 1. The number of nitrogens with two attached hydrogens (primary N) is 1. The van der Waals surface area contributed by atoms with E-state index >= 15 is 0 Å². The molecule has 0 amide bonds. The van der Waals surface area contributed by atoms with Crippen molar-refractivity contribution in [2.75, 3.05) is 12.3 Å². The summed E-state index contributed by atoms with van der Waals surface area (Å²) in [4.78, 5) is 0.305. The van der Waals surface area contributed by atoms with Crippen LogP contribution >= 0.6 is 0 Å². The molecule has 0 saturated carbocycles. The molecule has 1 aromatic rings. The van der Waals surface area contributed by atoms with Gasteiger partial charge in [0.1, 0.15) is 0 Å². The molecule has 0 bridgehead atoms.